The number of benzene rings is 1. The van der Waals surface area contributed by atoms with E-state index >= 15 is 0 Å². The first-order valence-electron chi connectivity index (χ1n) is 8.06. The molecule has 2 unspecified atom stereocenters. The van der Waals surface area contributed by atoms with Crippen LogP contribution in [0.25, 0.3) is 10.9 Å². The van der Waals surface area contributed by atoms with Gasteiger partial charge in [-0.05, 0) is 42.9 Å². The van der Waals surface area contributed by atoms with Crippen LogP contribution in [0.2, 0.25) is 0 Å². The lowest BCUT2D eigenvalue weighted by molar-refractivity contribution is 0.642. The first-order valence-corrected chi connectivity index (χ1v) is 8.06. The molecule has 3 heteroatoms. The average molecular weight is 283 g/mol. The van der Waals surface area contributed by atoms with Crippen molar-refractivity contribution in [2.45, 2.75) is 39.2 Å². The number of hydrogen-bond acceptors (Lipinski definition) is 3. The lowest BCUT2D eigenvalue weighted by atomic mass is 10.0. The zero-order valence-electron chi connectivity index (χ0n) is 13.0. The van der Waals surface area contributed by atoms with E-state index in [0.29, 0.717) is 0 Å². The topological polar surface area (TPSA) is 42.1 Å². The molecule has 1 fully saturated rings. The van der Waals surface area contributed by atoms with E-state index in [1.54, 1.807) is 0 Å². The van der Waals surface area contributed by atoms with Crippen LogP contribution >= 0.6 is 0 Å². The van der Waals surface area contributed by atoms with Crippen LogP contribution in [0.3, 0.4) is 0 Å². The third-order valence-corrected chi connectivity index (χ3v) is 4.51. The Hall–Kier alpha value is -1.61. The Morgan fingerprint density at radius 1 is 1.38 bits per heavy atom. The molecular formula is C18H25N3. The SMILES string of the molecule is CCC(N)Cc1cc2ccccc2nc1N1CCC(C)C1. The van der Waals surface area contributed by atoms with Crippen molar-refractivity contribution < 1.29 is 0 Å². The molecule has 0 amide bonds. The number of fused-ring (bicyclic) bond motifs is 1. The summed E-state index contributed by atoms with van der Waals surface area (Å²) in [5.74, 6) is 1.91. The summed E-state index contributed by atoms with van der Waals surface area (Å²) in [5.41, 5.74) is 8.58. The highest BCUT2D eigenvalue weighted by molar-refractivity contribution is 5.82. The van der Waals surface area contributed by atoms with Crippen LogP contribution in [-0.2, 0) is 6.42 Å². The van der Waals surface area contributed by atoms with E-state index in [-0.39, 0.29) is 6.04 Å². The van der Waals surface area contributed by atoms with Crippen molar-refractivity contribution in [3.8, 4) is 0 Å². The molecule has 0 spiro atoms. The maximum absolute atomic E-state index is 6.20. The van der Waals surface area contributed by atoms with E-state index in [2.05, 4.69) is 49.1 Å². The van der Waals surface area contributed by atoms with E-state index in [0.717, 1.165) is 43.2 Å². The largest absolute Gasteiger partial charge is 0.356 e. The van der Waals surface area contributed by atoms with Crippen molar-refractivity contribution in [1.82, 2.24) is 4.98 Å². The van der Waals surface area contributed by atoms with Crippen LogP contribution in [0.1, 0.15) is 32.3 Å². The molecule has 0 bridgehead atoms. The molecule has 3 rings (SSSR count). The van der Waals surface area contributed by atoms with Gasteiger partial charge in [-0.15, -0.1) is 0 Å². The van der Waals surface area contributed by atoms with Crippen LogP contribution in [-0.4, -0.2) is 24.1 Å². The molecular weight excluding hydrogens is 258 g/mol. The van der Waals surface area contributed by atoms with Crippen molar-refractivity contribution in [3.05, 3.63) is 35.9 Å². The van der Waals surface area contributed by atoms with Gasteiger partial charge >= 0.3 is 0 Å². The highest BCUT2D eigenvalue weighted by Gasteiger charge is 2.23. The molecule has 0 aliphatic carbocycles. The van der Waals surface area contributed by atoms with Crippen LogP contribution < -0.4 is 10.6 Å². The van der Waals surface area contributed by atoms with Crippen molar-refractivity contribution >= 4 is 16.7 Å². The van der Waals surface area contributed by atoms with Gasteiger partial charge in [0.15, 0.2) is 0 Å². The molecule has 3 nitrogen and oxygen atoms in total. The quantitative estimate of drug-likeness (QED) is 0.935. The highest BCUT2D eigenvalue weighted by atomic mass is 15.2. The maximum Gasteiger partial charge on any atom is 0.132 e. The number of nitrogens with two attached hydrogens (primary N) is 1. The molecule has 0 radical (unpaired) electrons. The Morgan fingerprint density at radius 2 is 2.19 bits per heavy atom. The summed E-state index contributed by atoms with van der Waals surface area (Å²) < 4.78 is 0. The van der Waals surface area contributed by atoms with Gasteiger partial charge in [-0.2, -0.15) is 0 Å². The third-order valence-electron chi connectivity index (χ3n) is 4.51. The van der Waals surface area contributed by atoms with Gasteiger partial charge in [0.05, 0.1) is 5.52 Å². The van der Waals surface area contributed by atoms with E-state index in [9.17, 15) is 0 Å². The summed E-state index contributed by atoms with van der Waals surface area (Å²) in [6.07, 6.45) is 3.17. The fourth-order valence-corrected chi connectivity index (χ4v) is 3.13. The second kappa shape index (κ2) is 6.02. The number of hydrogen-bond donors (Lipinski definition) is 1. The van der Waals surface area contributed by atoms with E-state index in [4.69, 9.17) is 10.7 Å². The average Bonchev–Trinajstić information content (AvgIpc) is 2.92. The summed E-state index contributed by atoms with van der Waals surface area (Å²) in [4.78, 5) is 7.39. The minimum absolute atomic E-state index is 0.215. The van der Waals surface area contributed by atoms with Gasteiger partial charge in [0, 0.05) is 24.5 Å². The predicted octanol–water partition coefficient (Wildman–Crippen LogP) is 3.36. The highest BCUT2D eigenvalue weighted by Crippen LogP contribution is 2.29. The fraction of sp³-hybridized carbons (Fsp3) is 0.500. The maximum atomic E-state index is 6.20. The first-order chi connectivity index (χ1) is 10.2. The lowest BCUT2D eigenvalue weighted by Gasteiger charge is -2.22. The summed E-state index contributed by atoms with van der Waals surface area (Å²) >= 11 is 0. The Kier molecular flexibility index (Phi) is 4.11. The van der Waals surface area contributed by atoms with Crippen LogP contribution in [0.15, 0.2) is 30.3 Å². The Balaban J connectivity index is 2.03. The van der Waals surface area contributed by atoms with Gasteiger partial charge < -0.3 is 10.6 Å². The molecule has 1 aromatic heterocycles. The number of aromatic nitrogens is 1. The minimum Gasteiger partial charge on any atom is -0.356 e. The standard InChI is InChI=1S/C18H25N3/c1-3-16(19)11-15-10-14-6-4-5-7-17(14)20-18(15)21-9-8-13(2)12-21/h4-7,10,13,16H,3,8-9,11-12,19H2,1-2H3. The smallest absolute Gasteiger partial charge is 0.132 e. The first kappa shape index (κ1) is 14.3. The van der Waals surface area contributed by atoms with Crippen molar-refractivity contribution in [2.75, 3.05) is 18.0 Å². The number of pyridine rings is 1. The molecule has 2 heterocycles. The lowest BCUT2D eigenvalue weighted by Crippen LogP contribution is -2.26. The van der Waals surface area contributed by atoms with Crippen molar-refractivity contribution in [1.29, 1.82) is 0 Å². The molecule has 21 heavy (non-hydrogen) atoms. The number of nitrogens with zero attached hydrogens (tertiary/aromatic N) is 2. The molecule has 2 aromatic rings. The number of para-hydroxylation sites is 1. The summed E-state index contributed by atoms with van der Waals surface area (Å²) in [6, 6.07) is 10.9. The molecule has 1 saturated heterocycles. The van der Waals surface area contributed by atoms with E-state index in [1.807, 2.05) is 0 Å². The molecule has 112 valence electrons. The van der Waals surface area contributed by atoms with Crippen LogP contribution in [0, 0.1) is 5.92 Å². The van der Waals surface area contributed by atoms with Gasteiger partial charge in [0.2, 0.25) is 0 Å². The van der Waals surface area contributed by atoms with Crippen molar-refractivity contribution in [3.63, 3.8) is 0 Å². The fourth-order valence-electron chi connectivity index (χ4n) is 3.13. The van der Waals surface area contributed by atoms with Gasteiger partial charge in [-0.25, -0.2) is 4.98 Å². The van der Waals surface area contributed by atoms with Gasteiger partial charge in [0.25, 0.3) is 0 Å². The molecule has 2 N–H and O–H groups in total. The number of anilines is 1. The summed E-state index contributed by atoms with van der Waals surface area (Å²) in [6.45, 7) is 6.69. The number of rotatable bonds is 4. The predicted molar refractivity (Wildman–Crippen MR) is 89.7 cm³/mol. The Morgan fingerprint density at radius 3 is 2.90 bits per heavy atom. The monoisotopic (exact) mass is 283 g/mol. The minimum atomic E-state index is 0.215. The van der Waals surface area contributed by atoms with E-state index < -0.39 is 0 Å². The Labute approximate surface area is 127 Å². The van der Waals surface area contributed by atoms with E-state index in [1.165, 1.54) is 17.4 Å². The van der Waals surface area contributed by atoms with Gasteiger partial charge in [0.1, 0.15) is 5.82 Å². The van der Waals surface area contributed by atoms with Crippen LogP contribution in [0.5, 0.6) is 0 Å². The normalized spacial score (nSPS) is 20.1. The molecule has 1 aliphatic rings. The molecule has 1 aromatic carbocycles. The molecule has 0 saturated carbocycles. The summed E-state index contributed by atoms with van der Waals surface area (Å²) in [7, 11) is 0. The second-order valence-electron chi connectivity index (χ2n) is 6.38. The summed E-state index contributed by atoms with van der Waals surface area (Å²) in [5, 5.41) is 1.21. The van der Waals surface area contributed by atoms with Crippen LogP contribution in [0.4, 0.5) is 5.82 Å². The molecule has 2 atom stereocenters. The zero-order chi connectivity index (χ0) is 14.8. The molecule has 1 aliphatic heterocycles. The zero-order valence-corrected chi connectivity index (χ0v) is 13.0. The van der Waals surface area contributed by atoms with Gasteiger partial charge in [-0.1, -0.05) is 32.0 Å². The Bertz CT molecular complexity index is 623. The van der Waals surface area contributed by atoms with Gasteiger partial charge in [-0.3, -0.25) is 0 Å². The van der Waals surface area contributed by atoms with Crippen molar-refractivity contribution in [2.24, 2.45) is 11.7 Å². The second-order valence-corrected chi connectivity index (χ2v) is 6.38. The third kappa shape index (κ3) is 3.03.